The van der Waals surface area contributed by atoms with Crippen LogP contribution >= 0.6 is 0 Å². The predicted molar refractivity (Wildman–Crippen MR) is 85.8 cm³/mol. The zero-order valence-electron chi connectivity index (χ0n) is 13.8. The molecule has 8 heteroatoms. The van der Waals surface area contributed by atoms with Crippen molar-refractivity contribution in [3.63, 3.8) is 0 Å². The second-order valence-corrected chi connectivity index (χ2v) is 6.14. The third-order valence-electron chi connectivity index (χ3n) is 4.25. The van der Waals surface area contributed by atoms with Crippen LogP contribution in [0.1, 0.15) is 21.6 Å². The van der Waals surface area contributed by atoms with Gasteiger partial charge in [0.1, 0.15) is 5.69 Å². The Morgan fingerprint density at radius 3 is 2.48 bits per heavy atom. The molecule has 1 amide bonds. The molecule has 0 radical (unpaired) electrons. The molecule has 134 valence electrons. The molecular formula is C17H19F3N4O. The largest absolute Gasteiger partial charge is 0.416 e. The van der Waals surface area contributed by atoms with Gasteiger partial charge >= 0.3 is 6.18 Å². The van der Waals surface area contributed by atoms with Crippen LogP contribution in [-0.2, 0) is 19.8 Å². The molecule has 0 spiro atoms. The number of hydrogen-bond donors (Lipinski definition) is 0. The van der Waals surface area contributed by atoms with Gasteiger partial charge in [0, 0.05) is 46.0 Å². The van der Waals surface area contributed by atoms with Gasteiger partial charge in [0.25, 0.3) is 5.91 Å². The van der Waals surface area contributed by atoms with Gasteiger partial charge in [-0.1, -0.05) is 18.2 Å². The smallest absolute Gasteiger partial charge is 0.335 e. The highest BCUT2D eigenvalue weighted by atomic mass is 19.4. The highest BCUT2D eigenvalue weighted by Crippen LogP contribution is 2.29. The monoisotopic (exact) mass is 352 g/mol. The fourth-order valence-electron chi connectivity index (χ4n) is 2.90. The lowest BCUT2D eigenvalue weighted by Gasteiger charge is -2.34. The number of hydrogen-bond acceptors (Lipinski definition) is 3. The summed E-state index contributed by atoms with van der Waals surface area (Å²) in [6.45, 7) is 2.75. The van der Waals surface area contributed by atoms with E-state index in [1.54, 1.807) is 35.0 Å². The molecule has 2 heterocycles. The Labute approximate surface area is 143 Å². The standard InChI is InChI=1S/C17H19F3N4O/c1-22-6-5-15(21-22)16(25)24-9-7-23(8-10-24)12-13-3-2-4-14(11-13)17(18,19)20/h2-6,11H,7-10,12H2,1H3. The summed E-state index contributed by atoms with van der Waals surface area (Å²) in [4.78, 5) is 16.1. The topological polar surface area (TPSA) is 41.4 Å². The Hall–Kier alpha value is -2.35. The van der Waals surface area contributed by atoms with Crippen molar-refractivity contribution in [1.82, 2.24) is 19.6 Å². The molecule has 1 aromatic carbocycles. The first-order chi connectivity index (χ1) is 11.8. The van der Waals surface area contributed by atoms with Gasteiger partial charge < -0.3 is 4.90 Å². The number of carbonyl (C=O) groups excluding carboxylic acids is 1. The highest BCUT2D eigenvalue weighted by Gasteiger charge is 2.30. The SMILES string of the molecule is Cn1ccc(C(=O)N2CCN(Cc3cccc(C(F)(F)F)c3)CC2)n1. The Balaban J connectivity index is 1.57. The lowest BCUT2D eigenvalue weighted by Crippen LogP contribution is -2.48. The van der Waals surface area contributed by atoms with Gasteiger partial charge in [0.2, 0.25) is 0 Å². The fourth-order valence-corrected chi connectivity index (χ4v) is 2.90. The van der Waals surface area contributed by atoms with Crippen molar-refractivity contribution >= 4 is 5.91 Å². The number of amides is 1. The minimum atomic E-state index is -4.33. The molecule has 0 atom stereocenters. The van der Waals surface area contributed by atoms with Crippen LogP contribution in [0.4, 0.5) is 13.2 Å². The molecule has 1 saturated heterocycles. The Kier molecular flexibility index (Phi) is 4.80. The van der Waals surface area contributed by atoms with E-state index in [0.717, 1.165) is 6.07 Å². The van der Waals surface area contributed by atoms with E-state index < -0.39 is 11.7 Å². The van der Waals surface area contributed by atoms with Crippen LogP contribution in [0.5, 0.6) is 0 Å². The van der Waals surface area contributed by atoms with E-state index in [0.29, 0.717) is 44.0 Å². The third-order valence-corrected chi connectivity index (χ3v) is 4.25. The fraction of sp³-hybridized carbons (Fsp3) is 0.412. The maximum atomic E-state index is 12.8. The molecule has 1 aliphatic heterocycles. The lowest BCUT2D eigenvalue weighted by molar-refractivity contribution is -0.137. The van der Waals surface area contributed by atoms with Crippen molar-refractivity contribution in [2.24, 2.45) is 7.05 Å². The summed E-state index contributed by atoms with van der Waals surface area (Å²) in [7, 11) is 1.75. The number of carbonyl (C=O) groups is 1. The van der Waals surface area contributed by atoms with E-state index in [1.807, 2.05) is 0 Å². The number of nitrogens with zero attached hydrogens (tertiary/aromatic N) is 4. The predicted octanol–water partition coefficient (Wildman–Crippen LogP) is 2.40. The van der Waals surface area contributed by atoms with Gasteiger partial charge in [-0.25, -0.2) is 0 Å². The number of aromatic nitrogens is 2. The van der Waals surface area contributed by atoms with Gasteiger partial charge in [0.15, 0.2) is 0 Å². The first-order valence-corrected chi connectivity index (χ1v) is 8.00. The maximum absolute atomic E-state index is 12.8. The van der Waals surface area contributed by atoms with Gasteiger partial charge in [-0.05, 0) is 17.7 Å². The van der Waals surface area contributed by atoms with E-state index in [4.69, 9.17) is 0 Å². The van der Waals surface area contributed by atoms with Gasteiger partial charge in [-0.15, -0.1) is 0 Å². The first kappa shape index (κ1) is 17.5. The molecular weight excluding hydrogens is 333 g/mol. The number of piperazine rings is 1. The molecule has 0 aliphatic carbocycles. The van der Waals surface area contributed by atoms with E-state index in [2.05, 4.69) is 10.00 Å². The number of benzene rings is 1. The van der Waals surface area contributed by atoms with Crippen LogP contribution < -0.4 is 0 Å². The molecule has 0 unspecified atom stereocenters. The molecule has 1 fully saturated rings. The summed E-state index contributed by atoms with van der Waals surface area (Å²) >= 11 is 0. The molecule has 0 bridgehead atoms. The second-order valence-electron chi connectivity index (χ2n) is 6.14. The number of halogens is 3. The minimum absolute atomic E-state index is 0.112. The molecule has 0 N–H and O–H groups in total. The number of alkyl halides is 3. The van der Waals surface area contributed by atoms with Crippen molar-refractivity contribution in [2.75, 3.05) is 26.2 Å². The summed E-state index contributed by atoms with van der Waals surface area (Å²) in [5.74, 6) is -0.112. The van der Waals surface area contributed by atoms with Gasteiger partial charge in [0.05, 0.1) is 5.56 Å². The van der Waals surface area contributed by atoms with E-state index >= 15 is 0 Å². The van der Waals surface area contributed by atoms with Crippen molar-refractivity contribution in [3.05, 3.63) is 53.3 Å². The zero-order chi connectivity index (χ0) is 18.0. The maximum Gasteiger partial charge on any atom is 0.416 e. The molecule has 0 saturated carbocycles. The number of rotatable bonds is 3. The van der Waals surface area contributed by atoms with Crippen LogP contribution in [0.25, 0.3) is 0 Å². The van der Waals surface area contributed by atoms with Crippen LogP contribution in [0.2, 0.25) is 0 Å². The average Bonchev–Trinajstić information content (AvgIpc) is 3.01. The first-order valence-electron chi connectivity index (χ1n) is 8.00. The van der Waals surface area contributed by atoms with Crippen molar-refractivity contribution < 1.29 is 18.0 Å². The second kappa shape index (κ2) is 6.87. The highest BCUT2D eigenvalue weighted by molar-refractivity contribution is 5.92. The average molecular weight is 352 g/mol. The summed E-state index contributed by atoms with van der Waals surface area (Å²) < 4.78 is 39.9. The molecule has 2 aromatic rings. The van der Waals surface area contributed by atoms with Gasteiger partial charge in [-0.2, -0.15) is 18.3 Å². The summed E-state index contributed by atoms with van der Waals surface area (Å²) in [6, 6.07) is 7.06. The summed E-state index contributed by atoms with van der Waals surface area (Å²) in [5.41, 5.74) is 0.405. The van der Waals surface area contributed by atoms with Crippen LogP contribution in [0.3, 0.4) is 0 Å². The molecule has 1 aromatic heterocycles. The Bertz CT molecular complexity index is 748. The zero-order valence-corrected chi connectivity index (χ0v) is 13.8. The molecule has 3 rings (SSSR count). The Morgan fingerprint density at radius 2 is 1.88 bits per heavy atom. The van der Waals surface area contributed by atoms with Gasteiger partial charge in [-0.3, -0.25) is 14.4 Å². The normalized spacial score (nSPS) is 16.2. The molecule has 25 heavy (non-hydrogen) atoms. The van der Waals surface area contributed by atoms with Crippen molar-refractivity contribution in [1.29, 1.82) is 0 Å². The Morgan fingerprint density at radius 1 is 1.16 bits per heavy atom. The molecule has 5 nitrogen and oxygen atoms in total. The van der Waals surface area contributed by atoms with Crippen molar-refractivity contribution in [2.45, 2.75) is 12.7 Å². The summed E-state index contributed by atoms with van der Waals surface area (Å²) in [6.07, 6.45) is -2.61. The van der Waals surface area contributed by atoms with E-state index in [-0.39, 0.29) is 5.91 Å². The molecule has 1 aliphatic rings. The van der Waals surface area contributed by atoms with Crippen LogP contribution in [0.15, 0.2) is 36.5 Å². The van der Waals surface area contributed by atoms with Crippen LogP contribution in [0, 0.1) is 0 Å². The number of aryl methyl sites for hydroxylation is 1. The minimum Gasteiger partial charge on any atom is -0.335 e. The summed E-state index contributed by atoms with van der Waals surface area (Å²) in [5, 5.41) is 4.11. The van der Waals surface area contributed by atoms with Crippen LogP contribution in [-0.4, -0.2) is 51.7 Å². The lowest BCUT2D eigenvalue weighted by atomic mass is 10.1. The van der Waals surface area contributed by atoms with E-state index in [1.165, 1.54) is 12.1 Å². The van der Waals surface area contributed by atoms with Crippen molar-refractivity contribution in [3.8, 4) is 0 Å². The van der Waals surface area contributed by atoms with E-state index in [9.17, 15) is 18.0 Å². The third kappa shape index (κ3) is 4.19. The quantitative estimate of drug-likeness (QED) is 0.852.